The Hall–Kier alpha value is -0.870. The lowest BCUT2D eigenvalue weighted by molar-refractivity contribution is -0.147. The number of carbonyl (C=O) groups excluding carboxylic acids is 1. The number of ether oxygens (including phenoxy) is 1. The molecule has 0 heterocycles. The molecule has 2 rings (SSSR count). The van der Waals surface area contributed by atoms with Crippen molar-refractivity contribution >= 4 is 21.9 Å². The average Bonchev–Trinajstić information content (AvgIpc) is 3.16. The highest BCUT2D eigenvalue weighted by Gasteiger charge is 2.51. The van der Waals surface area contributed by atoms with E-state index in [0.717, 1.165) is 36.8 Å². The summed E-state index contributed by atoms with van der Waals surface area (Å²) in [7, 11) is 3.55. The maximum absolute atomic E-state index is 11.7. The van der Waals surface area contributed by atoms with E-state index in [-0.39, 0.29) is 11.4 Å². The lowest BCUT2D eigenvalue weighted by Crippen LogP contribution is -2.33. The van der Waals surface area contributed by atoms with Crippen molar-refractivity contribution in [3.8, 4) is 0 Å². The Kier molecular flexibility index (Phi) is 4.63. The van der Waals surface area contributed by atoms with E-state index in [1.54, 1.807) is 0 Å². The molecule has 0 unspecified atom stereocenters. The highest BCUT2D eigenvalue weighted by atomic mass is 79.9. The highest BCUT2D eigenvalue weighted by molar-refractivity contribution is 9.10. The molecule has 1 aromatic carbocycles. The smallest absolute Gasteiger partial charge is 0.313 e. The zero-order chi connectivity index (χ0) is 13.9. The minimum absolute atomic E-state index is 0.0539. The molecule has 1 aromatic rings. The highest BCUT2D eigenvalue weighted by Crippen LogP contribution is 2.47. The number of halogens is 1. The predicted molar refractivity (Wildman–Crippen MR) is 79.0 cm³/mol. The lowest BCUT2D eigenvalue weighted by atomic mass is 10.1. The predicted octanol–water partition coefficient (Wildman–Crippen LogP) is 2.88. The zero-order valence-electron chi connectivity index (χ0n) is 11.5. The molecule has 1 aliphatic rings. The standard InChI is InChI=1S/C15H20BrNO2/c1-17(11-15(7-8-15)14(18)19-2)9-6-12-4-3-5-13(16)10-12/h3-5,10H,6-9,11H2,1-2H3. The molecule has 0 bridgehead atoms. The van der Waals surface area contributed by atoms with E-state index < -0.39 is 0 Å². The summed E-state index contributed by atoms with van der Waals surface area (Å²) in [5.41, 5.74) is 1.09. The number of likely N-dealkylation sites (N-methyl/N-ethyl adjacent to an activating group) is 1. The first kappa shape index (κ1) is 14.5. The maximum atomic E-state index is 11.7. The van der Waals surface area contributed by atoms with Crippen molar-refractivity contribution < 1.29 is 9.53 Å². The molecule has 0 radical (unpaired) electrons. The van der Waals surface area contributed by atoms with E-state index in [4.69, 9.17) is 4.74 Å². The number of carbonyl (C=O) groups is 1. The first-order valence-electron chi connectivity index (χ1n) is 6.57. The van der Waals surface area contributed by atoms with E-state index in [9.17, 15) is 4.79 Å². The lowest BCUT2D eigenvalue weighted by Gasteiger charge is -2.22. The largest absolute Gasteiger partial charge is 0.469 e. The Morgan fingerprint density at radius 3 is 2.79 bits per heavy atom. The van der Waals surface area contributed by atoms with E-state index in [1.807, 2.05) is 6.07 Å². The number of hydrogen-bond acceptors (Lipinski definition) is 3. The third-order valence-corrected chi connectivity index (χ3v) is 4.21. The van der Waals surface area contributed by atoms with Gasteiger partial charge >= 0.3 is 5.97 Å². The van der Waals surface area contributed by atoms with Gasteiger partial charge in [0.05, 0.1) is 12.5 Å². The Morgan fingerprint density at radius 2 is 2.21 bits per heavy atom. The number of esters is 1. The molecule has 0 amide bonds. The maximum Gasteiger partial charge on any atom is 0.313 e. The minimum Gasteiger partial charge on any atom is -0.469 e. The first-order chi connectivity index (χ1) is 9.05. The van der Waals surface area contributed by atoms with Gasteiger partial charge in [0.15, 0.2) is 0 Å². The van der Waals surface area contributed by atoms with Crippen molar-refractivity contribution in [3.63, 3.8) is 0 Å². The van der Waals surface area contributed by atoms with E-state index in [0.29, 0.717) is 0 Å². The molecule has 1 saturated carbocycles. The van der Waals surface area contributed by atoms with Gasteiger partial charge in [-0.2, -0.15) is 0 Å². The number of rotatable bonds is 6. The Balaban J connectivity index is 1.82. The molecule has 1 aliphatic carbocycles. The van der Waals surface area contributed by atoms with Crippen LogP contribution in [0.15, 0.2) is 28.7 Å². The van der Waals surface area contributed by atoms with Gasteiger partial charge in [0, 0.05) is 17.6 Å². The molecule has 0 atom stereocenters. The first-order valence-corrected chi connectivity index (χ1v) is 7.36. The summed E-state index contributed by atoms with van der Waals surface area (Å²) >= 11 is 3.48. The zero-order valence-corrected chi connectivity index (χ0v) is 13.1. The second-order valence-corrected chi connectivity index (χ2v) is 6.31. The van der Waals surface area contributed by atoms with Crippen molar-refractivity contribution in [2.24, 2.45) is 5.41 Å². The van der Waals surface area contributed by atoms with Gasteiger partial charge in [-0.3, -0.25) is 4.79 Å². The monoisotopic (exact) mass is 325 g/mol. The number of hydrogen-bond donors (Lipinski definition) is 0. The molecule has 19 heavy (non-hydrogen) atoms. The van der Waals surface area contributed by atoms with Crippen molar-refractivity contribution in [1.29, 1.82) is 0 Å². The Morgan fingerprint density at radius 1 is 1.47 bits per heavy atom. The van der Waals surface area contributed by atoms with Crippen LogP contribution < -0.4 is 0 Å². The molecule has 0 saturated heterocycles. The molecular weight excluding hydrogens is 306 g/mol. The van der Waals surface area contributed by atoms with E-state index in [1.165, 1.54) is 12.7 Å². The van der Waals surface area contributed by atoms with Crippen LogP contribution >= 0.6 is 15.9 Å². The fraction of sp³-hybridized carbons (Fsp3) is 0.533. The summed E-state index contributed by atoms with van der Waals surface area (Å²) in [5, 5.41) is 0. The third-order valence-electron chi connectivity index (χ3n) is 3.72. The summed E-state index contributed by atoms with van der Waals surface area (Å²) in [6.45, 7) is 1.75. The van der Waals surface area contributed by atoms with Crippen LogP contribution in [0.4, 0.5) is 0 Å². The molecule has 104 valence electrons. The van der Waals surface area contributed by atoms with Gasteiger partial charge in [-0.25, -0.2) is 0 Å². The summed E-state index contributed by atoms with van der Waals surface area (Å²) in [6.07, 6.45) is 2.91. The molecule has 0 aliphatic heterocycles. The summed E-state index contributed by atoms with van der Waals surface area (Å²) in [4.78, 5) is 13.9. The summed E-state index contributed by atoms with van der Waals surface area (Å²) < 4.78 is 6.00. The normalized spacial score (nSPS) is 16.4. The minimum atomic E-state index is -0.221. The number of nitrogens with zero attached hydrogens (tertiary/aromatic N) is 1. The van der Waals surface area contributed by atoms with Crippen LogP contribution in [0.3, 0.4) is 0 Å². The molecule has 3 nitrogen and oxygen atoms in total. The topological polar surface area (TPSA) is 29.5 Å². The molecule has 0 spiro atoms. The Bertz CT molecular complexity index is 457. The summed E-state index contributed by atoms with van der Waals surface area (Å²) in [5.74, 6) is -0.0539. The van der Waals surface area contributed by atoms with Gasteiger partial charge in [0.1, 0.15) is 0 Å². The second kappa shape index (κ2) is 6.06. The molecule has 0 N–H and O–H groups in total. The van der Waals surface area contributed by atoms with Gasteiger partial charge < -0.3 is 9.64 Å². The van der Waals surface area contributed by atoms with E-state index in [2.05, 4.69) is 46.1 Å². The van der Waals surface area contributed by atoms with Crippen LogP contribution in [0.5, 0.6) is 0 Å². The van der Waals surface area contributed by atoms with Gasteiger partial charge in [-0.15, -0.1) is 0 Å². The SMILES string of the molecule is COC(=O)C1(CN(C)CCc2cccc(Br)c2)CC1. The molecule has 0 aromatic heterocycles. The Labute approximate surface area is 123 Å². The van der Waals surface area contributed by atoms with Gasteiger partial charge in [0.25, 0.3) is 0 Å². The third kappa shape index (κ3) is 3.80. The number of methoxy groups -OCH3 is 1. The van der Waals surface area contributed by atoms with E-state index >= 15 is 0 Å². The van der Waals surface area contributed by atoms with Gasteiger partial charge in [0.2, 0.25) is 0 Å². The van der Waals surface area contributed by atoms with Crippen molar-refractivity contribution in [3.05, 3.63) is 34.3 Å². The van der Waals surface area contributed by atoms with Crippen LogP contribution in [0, 0.1) is 5.41 Å². The molecule has 4 heteroatoms. The van der Waals surface area contributed by atoms with Crippen molar-refractivity contribution in [2.75, 3.05) is 27.2 Å². The van der Waals surface area contributed by atoms with Crippen LogP contribution in [-0.2, 0) is 16.0 Å². The van der Waals surface area contributed by atoms with Gasteiger partial charge in [-0.1, -0.05) is 28.1 Å². The fourth-order valence-electron chi connectivity index (χ4n) is 2.40. The average molecular weight is 326 g/mol. The number of benzene rings is 1. The van der Waals surface area contributed by atoms with Crippen molar-refractivity contribution in [2.45, 2.75) is 19.3 Å². The van der Waals surface area contributed by atoms with Crippen LogP contribution in [0.1, 0.15) is 18.4 Å². The van der Waals surface area contributed by atoms with Crippen molar-refractivity contribution in [1.82, 2.24) is 4.90 Å². The van der Waals surface area contributed by atoms with Crippen LogP contribution in [-0.4, -0.2) is 38.1 Å². The second-order valence-electron chi connectivity index (χ2n) is 5.39. The quantitative estimate of drug-likeness (QED) is 0.753. The van der Waals surface area contributed by atoms with Crippen LogP contribution in [0.2, 0.25) is 0 Å². The molecular formula is C15H20BrNO2. The molecule has 1 fully saturated rings. The van der Waals surface area contributed by atoms with Gasteiger partial charge in [-0.05, 0) is 44.0 Å². The summed E-state index contributed by atoms with van der Waals surface area (Å²) in [6, 6.07) is 8.35. The fourth-order valence-corrected chi connectivity index (χ4v) is 2.85. The van der Waals surface area contributed by atoms with Crippen LogP contribution in [0.25, 0.3) is 0 Å².